The summed E-state index contributed by atoms with van der Waals surface area (Å²) in [6, 6.07) is 0. The van der Waals surface area contributed by atoms with Crippen molar-refractivity contribution in [3.05, 3.63) is 0 Å². The van der Waals surface area contributed by atoms with E-state index in [4.69, 9.17) is 16.3 Å². The van der Waals surface area contributed by atoms with E-state index in [-0.39, 0.29) is 11.2 Å². The second-order valence-corrected chi connectivity index (χ2v) is 2.98. The van der Waals surface area contributed by atoms with Crippen LogP contribution in [0.25, 0.3) is 0 Å². The summed E-state index contributed by atoms with van der Waals surface area (Å²) in [6.45, 7) is 2.20. The molecule has 0 aromatic carbocycles. The van der Waals surface area contributed by atoms with Crippen LogP contribution in [0.5, 0.6) is 0 Å². The van der Waals surface area contributed by atoms with Crippen molar-refractivity contribution in [3.63, 3.8) is 0 Å². The standard InChI is InChI=1S/C6H11ClO2S/c1-3-9-6(8)5(4-7)10-2/h5H,3-4H2,1-2H3. The molecule has 0 heterocycles. The first-order chi connectivity index (χ1) is 4.76. The van der Waals surface area contributed by atoms with Gasteiger partial charge in [-0.3, -0.25) is 4.79 Å². The monoisotopic (exact) mass is 182 g/mol. The summed E-state index contributed by atoms with van der Waals surface area (Å²) >= 11 is 6.89. The van der Waals surface area contributed by atoms with Crippen LogP contribution in [0.3, 0.4) is 0 Å². The van der Waals surface area contributed by atoms with Gasteiger partial charge in [0.25, 0.3) is 0 Å². The fraction of sp³-hybridized carbons (Fsp3) is 0.833. The second kappa shape index (κ2) is 5.86. The van der Waals surface area contributed by atoms with Crippen LogP contribution in [0, 0.1) is 0 Å². The van der Waals surface area contributed by atoms with Crippen LogP contribution in [0.15, 0.2) is 0 Å². The van der Waals surface area contributed by atoms with Gasteiger partial charge in [-0.2, -0.15) is 0 Å². The molecule has 0 aromatic heterocycles. The molecule has 0 saturated carbocycles. The Morgan fingerprint density at radius 2 is 2.40 bits per heavy atom. The lowest BCUT2D eigenvalue weighted by Crippen LogP contribution is -2.21. The Labute approximate surface area is 70.3 Å². The predicted molar refractivity (Wildman–Crippen MR) is 44.7 cm³/mol. The van der Waals surface area contributed by atoms with Crippen LogP contribution < -0.4 is 0 Å². The molecule has 0 bridgehead atoms. The van der Waals surface area contributed by atoms with Crippen molar-refractivity contribution in [1.29, 1.82) is 0 Å². The summed E-state index contributed by atoms with van der Waals surface area (Å²) in [7, 11) is 0. The first-order valence-electron chi connectivity index (χ1n) is 3.01. The SMILES string of the molecule is CCOC(=O)C(CCl)SC. The highest BCUT2D eigenvalue weighted by Gasteiger charge is 2.16. The summed E-state index contributed by atoms with van der Waals surface area (Å²) in [4.78, 5) is 10.9. The number of thioether (sulfide) groups is 1. The maximum atomic E-state index is 10.9. The lowest BCUT2D eigenvalue weighted by molar-refractivity contribution is -0.141. The van der Waals surface area contributed by atoms with Gasteiger partial charge in [-0.1, -0.05) is 0 Å². The highest BCUT2D eigenvalue weighted by Crippen LogP contribution is 2.09. The molecule has 0 saturated heterocycles. The second-order valence-electron chi connectivity index (χ2n) is 1.63. The minimum Gasteiger partial charge on any atom is -0.465 e. The third-order valence-electron chi connectivity index (χ3n) is 0.974. The molecule has 0 aliphatic heterocycles. The Morgan fingerprint density at radius 1 is 1.80 bits per heavy atom. The van der Waals surface area contributed by atoms with E-state index in [0.717, 1.165) is 0 Å². The molecule has 4 heteroatoms. The molecule has 0 fully saturated rings. The van der Waals surface area contributed by atoms with E-state index in [1.165, 1.54) is 11.8 Å². The molecule has 0 aliphatic carbocycles. The largest absolute Gasteiger partial charge is 0.465 e. The van der Waals surface area contributed by atoms with Gasteiger partial charge >= 0.3 is 5.97 Å². The number of halogens is 1. The average molecular weight is 183 g/mol. The Morgan fingerprint density at radius 3 is 2.70 bits per heavy atom. The molecule has 0 N–H and O–H groups in total. The molecule has 2 nitrogen and oxygen atoms in total. The Balaban J connectivity index is 3.65. The maximum absolute atomic E-state index is 10.9. The minimum absolute atomic E-state index is 0.207. The number of esters is 1. The predicted octanol–water partition coefficient (Wildman–Crippen LogP) is 1.52. The molecule has 0 radical (unpaired) electrons. The van der Waals surface area contributed by atoms with E-state index in [2.05, 4.69) is 0 Å². The first-order valence-corrected chi connectivity index (χ1v) is 4.83. The van der Waals surface area contributed by atoms with E-state index in [1.807, 2.05) is 6.26 Å². The number of alkyl halides is 1. The molecular formula is C6H11ClO2S. The number of ether oxygens (including phenoxy) is 1. The van der Waals surface area contributed by atoms with Crippen molar-refractivity contribution in [2.45, 2.75) is 12.2 Å². The Hall–Kier alpha value is 0.110. The van der Waals surface area contributed by atoms with Crippen LogP contribution in [-0.4, -0.2) is 30.0 Å². The Kier molecular flexibility index (Phi) is 5.93. The lowest BCUT2D eigenvalue weighted by atomic mass is 10.5. The molecule has 0 rings (SSSR count). The van der Waals surface area contributed by atoms with Gasteiger partial charge in [-0.25, -0.2) is 0 Å². The van der Waals surface area contributed by atoms with Crippen molar-refractivity contribution >= 4 is 29.3 Å². The number of hydrogen-bond acceptors (Lipinski definition) is 3. The van der Waals surface area contributed by atoms with E-state index < -0.39 is 0 Å². The quantitative estimate of drug-likeness (QED) is 0.487. The van der Waals surface area contributed by atoms with Gasteiger partial charge in [-0.15, -0.1) is 23.4 Å². The smallest absolute Gasteiger partial charge is 0.320 e. The summed E-state index contributed by atoms with van der Waals surface area (Å²) in [5, 5.41) is -0.207. The zero-order chi connectivity index (χ0) is 7.98. The molecule has 1 atom stereocenters. The molecule has 0 amide bonds. The molecule has 0 aliphatic rings. The highest BCUT2D eigenvalue weighted by atomic mass is 35.5. The van der Waals surface area contributed by atoms with E-state index in [9.17, 15) is 4.79 Å². The zero-order valence-electron chi connectivity index (χ0n) is 6.09. The molecular weight excluding hydrogens is 172 g/mol. The number of carbonyl (C=O) groups is 1. The van der Waals surface area contributed by atoms with Crippen LogP contribution in [0.2, 0.25) is 0 Å². The van der Waals surface area contributed by atoms with Crippen LogP contribution in [0.4, 0.5) is 0 Å². The fourth-order valence-electron chi connectivity index (χ4n) is 0.457. The van der Waals surface area contributed by atoms with Gasteiger partial charge in [0, 0.05) is 5.88 Å². The van der Waals surface area contributed by atoms with Gasteiger partial charge in [0.05, 0.1) is 6.61 Å². The molecule has 10 heavy (non-hydrogen) atoms. The number of carbonyl (C=O) groups excluding carboxylic acids is 1. The Bertz CT molecular complexity index is 104. The first kappa shape index (κ1) is 10.1. The van der Waals surface area contributed by atoms with Crippen LogP contribution in [0.1, 0.15) is 6.92 Å². The topological polar surface area (TPSA) is 26.3 Å². The number of hydrogen-bond donors (Lipinski definition) is 0. The van der Waals surface area contributed by atoms with Crippen LogP contribution >= 0.6 is 23.4 Å². The van der Waals surface area contributed by atoms with Crippen molar-refractivity contribution in [2.75, 3.05) is 18.7 Å². The van der Waals surface area contributed by atoms with Gasteiger partial charge in [0.15, 0.2) is 0 Å². The lowest BCUT2D eigenvalue weighted by Gasteiger charge is -2.08. The van der Waals surface area contributed by atoms with Crippen LogP contribution in [-0.2, 0) is 9.53 Å². The highest BCUT2D eigenvalue weighted by molar-refractivity contribution is 8.00. The summed E-state index contributed by atoms with van der Waals surface area (Å²) in [6.07, 6.45) is 1.84. The van der Waals surface area contributed by atoms with E-state index >= 15 is 0 Å². The minimum atomic E-state index is -0.218. The molecule has 60 valence electrons. The van der Waals surface area contributed by atoms with Gasteiger partial charge in [0.2, 0.25) is 0 Å². The third kappa shape index (κ3) is 3.32. The molecule has 0 aromatic rings. The summed E-state index contributed by atoms with van der Waals surface area (Å²) in [5.41, 5.74) is 0. The number of rotatable bonds is 4. The molecule has 0 spiro atoms. The van der Waals surface area contributed by atoms with Crippen molar-refractivity contribution in [1.82, 2.24) is 0 Å². The van der Waals surface area contributed by atoms with Crippen molar-refractivity contribution in [2.24, 2.45) is 0 Å². The fourth-order valence-corrected chi connectivity index (χ4v) is 1.35. The zero-order valence-corrected chi connectivity index (χ0v) is 7.67. The van der Waals surface area contributed by atoms with Gasteiger partial charge < -0.3 is 4.74 Å². The average Bonchev–Trinajstić information content (AvgIpc) is 1.91. The summed E-state index contributed by atoms with van der Waals surface area (Å²) in [5.74, 6) is 0.102. The maximum Gasteiger partial charge on any atom is 0.320 e. The van der Waals surface area contributed by atoms with Gasteiger partial charge in [-0.05, 0) is 13.2 Å². The molecule has 1 unspecified atom stereocenters. The summed E-state index contributed by atoms with van der Waals surface area (Å²) < 4.78 is 4.74. The van der Waals surface area contributed by atoms with Crippen molar-refractivity contribution < 1.29 is 9.53 Å². The van der Waals surface area contributed by atoms with Crippen molar-refractivity contribution in [3.8, 4) is 0 Å². The normalized spacial score (nSPS) is 12.7. The van der Waals surface area contributed by atoms with Gasteiger partial charge in [0.1, 0.15) is 5.25 Å². The third-order valence-corrected chi connectivity index (χ3v) is 2.39. The van der Waals surface area contributed by atoms with E-state index in [0.29, 0.717) is 12.5 Å². The van der Waals surface area contributed by atoms with E-state index in [1.54, 1.807) is 6.92 Å².